The smallest absolute Gasteiger partial charge is 0.337 e. The van der Waals surface area contributed by atoms with Gasteiger partial charge in [-0.3, -0.25) is 4.79 Å². The van der Waals surface area contributed by atoms with Gasteiger partial charge >= 0.3 is 5.97 Å². The lowest BCUT2D eigenvalue weighted by atomic mass is 9.80. The third-order valence-electron chi connectivity index (χ3n) is 5.79. The zero-order valence-electron chi connectivity index (χ0n) is 17.0. The number of ether oxygens (including phenoxy) is 1. The monoisotopic (exact) mass is 399 g/mol. The van der Waals surface area contributed by atoms with E-state index >= 15 is 0 Å². The molecule has 1 aliphatic heterocycles. The van der Waals surface area contributed by atoms with E-state index in [-0.39, 0.29) is 12.2 Å². The molecule has 0 N–H and O–H groups in total. The van der Waals surface area contributed by atoms with Crippen molar-refractivity contribution in [2.45, 2.75) is 30.9 Å². The highest BCUT2D eigenvalue weighted by atomic mass is 16.6. The van der Waals surface area contributed by atoms with E-state index in [1.165, 1.54) is 0 Å². The van der Waals surface area contributed by atoms with Crippen LogP contribution in [0.5, 0.6) is 0 Å². The highest BCUT2D eigenvalue weighted by molar-refractivity contribution is 6.08. The Hall–Kier alpha value is -3.40. The number of carbonyl (C=O) groups excluding carboxylic acids is 2. The van der Waals surface area contributed by atoms with E-state index in [1.807, 2.05) is 78.9 Å². The summed E-state index contributed by atoms with van der Waals surface area (Å²) in [5.74, 6) is -0.607. The molecule has 4 rings (SSSR count). The Morgan fingerprint density at radius 2 is 1.43 bits per heavy atom. The minimum atomic E-state index is -0.945. The summed E-state index contributed by atoms with van der Waals surface area (Å²) in [6, 6.07) is 28.2. The summed E-state index contributed by atoms with van der Waals surface area (Å²) in [6.45, 7) is 0. The van der Waals surface area contributed by atoms with E-state index < -0.39 is 17.6 Å². The highest BCUT2D eigenvalue weighted by Gasteiger charge is 2.49. The number of rotatable bonds is 6. The third-order valence-corrected chi connectivity index (χ3v) is 5.79. The summed E-state index contributed by atoms with van der Waals surface area (Å²) in [5.41, 5.74) is 1.88. The lowest BCUT2D eigenvalue weighted by Gasteiger charge is -2.41. The van der Waals surface area contributed by atoms with Crippen molar-refractivity contribution in [1.82, 2.24) is 0 Å². The van der Waals surface area contributed by atoms with Crippen molar-refractivity contribution in [2.75, 3.05) is 11.9 Å². The first kappa shape index (κ1) is 19.9. The second kappa shape index (κ2) is 8.54. The second-order valence-electron chi connectivity index (χ2n) is 7.76. The van der Waals surface area contributed by atoms with Crippen LogP contribution in [0.4, 0.5) is 5.69 Å². The van der Waals surface area contributed by atoms with Crippen LogP contribution in [0.15, 0.2) is 91.0 Å². The minimum absolute atomic E-state index is 0.116. The van der Waals surface area contributed by atoms with Crippen LogP contribution in [0.1, 0.15) is 24.0 Å². The Morgan fingerprint density at radius 1 is 0.867 bits per heavy atom. The molecule has 1 heterocycles. The standard InChI is InChI=1S/C26H25NO3/c1-27(22-15-9-4-10-16-22)24-23(28)19-26(30-25(24)29,21-13-7-3-8-14-21)18-17-20-11-5-2-6-12-20/h2-16,24H,17-19H2,1H3. The van der Waals surface area contributed by atoms with Crippen molar-refractivity contribution in [2.24, 2.45) is 0 Å². The number of nitrogens with zero attached hydrogens (tertiary/aromatic N) is 1. The highest BCUT2D eigenvalue weighted by Crippen LogP contribution is 2.39. The van der Waals surface area contributed by atoms with Gasteiger partial charge in [0.1, 0.15) is 5.60 Å². The molecule has 30 heavy (non-hydrogen) atoms. The Kier molecular flexibility index (Phi) is 5.66. The van der Waals surface area contributed by atoms with Gasteiger partial charge in [-0.05, 0) is 36.1 Å². The van der Waals surface area contributed by atoms with Gasteiger partial charge < -0.3 is 9.64 Å². The molecule has 4 nitrogen and oxygen atoms in total. The SMILES string of the molecule is CN(c1ccccc1)C1C(=O)CC(CCc2ccccc2)(c2ccccc2)OC1=O. The van der Waals surface area contributed by atoms with Gasteiger partial charge in [-0.1, -0.05) is 78.9 Å². The Labute approximate surface area is 177 Å². The molecule has 1 saturated heterocycles. The fraction of sp³-hybridized carbons (Fsp3) is 0.231. The fourth-order valence-corrected chi connectivity index (χ4v) is 4.16. The molecule has 1 fully saturated rings. The number of cyclic esters (lactones) is 1. The number of para-hydroxylation sites is 1. The number of Topliss-reactive ketones (excluding diaryl/α,β-unsaturated/α-hetero) is 1. The Bertz CT molecular complexity index is 984. The van der Waals surface area contributed by atoms with Crippen LogP contribution in [0.25, 0.3) is 0 Å². The normalized spacial score (nSPS) is 21.2. The third kappa shape index (κ3) is 3.99. The van der Waals surface area contributed by atoms with Crippen molar-refractivity contribution in [1.29, 1.82) is 0 Å². The van der Waals surface area contributed by atoms with Crippen LogP contribution in [-0.2, 0) is 26.3 Å². The fourth-order valence-electron chi connectivity index (χ4n) is 4.16. The molecular weight excluding hydrogens is 374 g/mol. The van der Waals surface area contributed by atoms with Crippen LogP contribution >= 0.6 is 0 Å². The number of benzene rings is 3. The zero-order chi connectivity index (χ0) is 21.0. The molecule has 152 valence electrons. The van der Waals surface area contributed by atoms with Crippen LogP contribution in [-0.4, -0.2) is 24.8 Å². The van der Waals surface area contributed by atoms with Gasteiger partial charge in [0, 0.05) is 12.7 Å². The molecule has 0 saturated carbocycles. The first-order chi connectivity index (χ1) is 14.6. The van der Waals surface area contributed by atoms with Crippen LogP contribution in [0.3, 0.4) is 0 Å². The van der Waals surface area contributed by atoms with Crippen molar-refractivity contribution in [3.63, 3.8) is 0 Å². The lowest BCUT2D eigenvalue weighted by molar-refractivity contribution is -0.175. The maximum absolute atomic E-state index is 13.3. The van der Waals surface area contributed by atoms with Crippen LogP contribution in [0.2, 0.25) is 0 Å². The van der Waals surface area contributed by atoms with E-state index in [0.29, 0.717) is 6.42 Å². The van der Waals surface area contributed by atoms with Crippen molar-refractivity contribution < 1.29 is 14.3 Å². The van der Waals surface area contributed by atoms with Crippen LogP contribution < -0.4 is 4.90 Å². The second-order valence-corrected chi connectivity index (χ2v) is 7.76. The molecule has 3 aromatic carbocycles. The summed E-state index contributed by atoms with van der Waals surface area (Å²) >= 11 is 0. The van der Waals surface area contributed by atoms with Crippen LogP contribution in [0, 0.1) is 0 Å². The molecular formula is C26H25NO3. The van der Waals surface area contributed by atoms with Crippen molar-refractivity contribution >= 4 is 17.4 Å². The van der Waals surface area contributed by atoms with Gasteiger partial charge in [0.2, 0.25) is 0 Å². The molecule has 1 aliphatic rings. The zero-order valence-corrected chi connectivity index (χ0v) is 17.0. The summed E-state index contributed by atoms with van der Waals surface area (Å²) in [5, 5.41) is 0. The van der Waals surface area contributed by atoms with Gasteiger partial charge in [0.25, 0.3) is 0 Å². The molecule has 2 atom stereocenters. The van der Waals surface area contributed by atoms with E-state index in [1.54, 1.807) is 11.9 Å². The predicted molar refractivity (Wildman–Crippen MR) is 117 cm³/mol. The van der Waals surface area contributed by atoms with Gasteiger partial charge in [-0.15, -0.1) is 0 Å². The number of esters is 1. The molecule has 3 aromatic rings. The van der Waals surface area contributed by atoms with Gasteiger partial charge in [-0.2, -0.15) is 0 Å². The average Bonchev–Trinajstić information content (AvgIpc) is 2.79. The molecule has 0 radical (unpaired) electrons. The largest absolute Gasteiger partial charge is 0.452 e. The minimum Gasteiger partial charge on any atom is -0.452 e. The average molecular weight is 399 g/mol. The summed E-state index contributed by atoms with van der Waals surface area (Å²) in [4.78, 5) is 28.1. The van der Waals surface area contributed by atoms with Crippen molar-refractivity contribution in [3.05, 3.63) is 102 Å². The number of aryl methyl sites for hydroxylation is 1. The Balaban J connectivity index is 1.62. The van der Waals surface area contributed by atoms with E-state index in [0.717, 1.165) is 23.2 Å². The molecule has 0 aliphatic carbocycles. The predicted octanol–water partition coefficient (Wildman–Crippen LogP) is 4.54. The molecule has 2 unspecified atom stereocenters. The number of hydrogen-bond acceptors (Lipinski definition) is 4. The lowest BCUT2D eigenvalue weighted by Crippen LogP contribution is -2.55. The first-order valence-electron chi connectivity index (χ1n) is 10.2. The number of carbonyl (C=O) groups is 2. The quantitative estimate of drug-likeness (QED) is 0.451. The summed E-state index contributed by atoms with van der Waals surface area (Å²) in [7, 11) is 1.76. The summed E-state index contributed by atoms with van der Waals surface area (Å²) < 4.78 is 6.11. The van der Waals surface area contributed by atoms with E-state index in [4.69, 9.17) is 4.74 Å². The molecule has 4 heteroatoms. The van der Waals surface area contributed by atoms with E-state index in [2.05, 4.69) is 12.1 Å². The topological polar surface area (TPSA) is 46.6 Å². The number of anilines is 1. The number of ketones is 1. The number of likely N-dealkylation sites (N-methyl/N-ethyl adjacent to an activating group) is 1. The maximum atomic E-state index is 13.3. The maximum Gasteiger partial charge on any atom is 0.337 e. The Morgan fingerprint density at radius 3 is 2.03 bits per heavy atom. The van der Waals surface area contributed by atoms with E-state index in [9.17, 15) is 9.59 Å². The number of hydrogen-bond donors (Lipinski definition) is 0. The van der Waals surface area contributed by atoms with Gasteiger partial charge in [0.05, 0.1) is 6.42 Å². The van der Waals surface area contributed by atoms with Crippen molar-refractivity contribution in [3.8, 4) is 0 Å². The molecule has 0 amide bonds. The summed E-state index contributed by atoms with van der Waals surface area (Å²) in [6.07, 6.45) is 1.44. The van der Waals surface area contributed by atoms with Gasteiger partial charge in [0.15, 0.2) is 11.8 Å². The van der Waals surface area contributed by atoms with Gasteiger partial charge in [-0.25, -0.2) is 4.79 Å². The molecule has 0 spiro atoms. The first-order valence-corrected chi connectivity index (χ1v) is 10.2. The molecule has 0 bridgehead atoms. The molecule has 0 aromatic heterocycles.